The van der Waals surface area contributed by atoms with E-state index in [-0.39, 0.29) is 5.91 Å². The summed E-state index contributed by atoms with van der Waals surface area (Å²) in [6.45, 7) is 6.86. The fourth-order valence-corrected chi connectivity index (χ4v) is 3.72. The Labute approximate surface area is 161 Å². The van der Waals surface area contributed by atoms with Gasteiger partial charge >= 0.3 is 0 Å². The SMILES string of the molecule is CC[C@H](CNC(=O)C[NH+]1CCN(c2ccccc2O)CC1)c1ccccc1. The highest BCUT2D eigenvalue weighted by Gasteiger charge is 2.23. The van der Waals surface area contributed by atoms with Crippen LogP contribution in [0.25, 0.3) is 0 Å². The fraction of sp³-hybridized carbons (Fsp3) is 0.409. The van der Waals surface area contributed by atoms with Crippen molar-refractivity contribution < 1.29 is 14.8 Å². The van der Waals surface area contributed by atoms with E-state index in [1.165, 1.54) is 10.5 Å². The minimum Gasteiger partial charge on any atom is -0.506 e. The van der Waals surface area contributed by atoms with Crippen molar-refractivity contribution in [1.29, 1.82) is 0 Å². The average molecular weight is 369 g/mol. The molecule has 0 aromatic heterocycles. The number of carbonyl (C=O) groups is 1. The van der Waals surface area contributed by atoms with Gasteiger partial charge in [-0.15, -0.1) is 0 Å². The minimum atomic E-state index is 0.121. The molecule has 0 unspecified atom stereocenters. The lowest BCUT2D eigenvalue weighted by Gasteiger charge is -2.33. The number of benzene rings is 2. The van der Waals surface area contributed by atoms with Crippen LogP contribution in [0.1, 0.15) is 24.8 Å². The molecule has 1 heterocycles. The Hall–Kier alpha value is -2.53. The first-order valence-corrected chi connectivity index (χ1v) is 9.85. The predicted octanol–water partition coefficient (Wildman–Crippen LogP) is 1.41. The number of phenolic OH excluding ortho intramolecular Hbond substituents is 1. The molecule has 1 amide bonds. The van der Waals surface area contributed by atoms with Crippen LogP contribution < -0.4 is 15.1 Å². The van der Waals surface area contributed by atoms with Crippen LogP contribution >= 0.6 is 0 Å². The summed E-state index contributed by atoms with van der Waals surface area (Å²) in [6.07, 6.45) is 1.01. The van der Waals surface area contributed by atoms with Gasteiger partial charge in [0.25, 0.3) is 5.91 Å². The molecule has 5 nitrogen and oxygen atoms in total. The highest BCUT2D eigenvalue weighted by Crippen LogP contribution is 2.25. The standard InChI is InChI=1S/C22H29N3O2/c1-2-18(19-8-4-3-5-9-19)16-23-22(27)17-24-12-14-25(15-13-24)20-10-6-7-11-21(20)26/h3-11,18,26H,2,12-17H2,1H3,(H,23,27)/p+1/t18-/m1/s1. The number of piperazine rings is 1. The Bertz CT molecular complexity index is 727. The number of hydrogen-bond donors (Lipinski definition) is 3. The second-order valence-corrected chi connectivity index (χ2v) is 7.22. The molecule has 2 aromatic carbocycles. The van der Waals surface area contributed by atoms with Crippen LogP contribution in [0.4, 0.5) is 5.69 Å². The molecular weight excluding hydrogens is 338 g/mol. The predicted molar refractivity (Wildman–Crippen MR) is 108 cm³/mol. The van der Waals surface area contributed by atoms with Crippen molar-refractivity contribution in [2.24, 2.45) is 0 Å². The smallest absolute Gasteiger partial charge is 0.275 e. The molecule has 5 heteroatoms. The van der Waals surface area contributed by atoms with Gasteiger partial charge in [-0.1, -0.05) is 49.4 Å². The molecule has 2 aromatic rings. The number of carbonyl (C=O) groups excluding carboxylic acids is 1. The third-order valence-corrected chi connectivity index (χ3v) is 5.41. The van der Waals surface area contributed by atoms with Gasteiger partial charge in [-0.05, 0) is 24.1 Å². The molecule has 0 spiro atoms. The number of amides is 1. The van der Waals surface area contributed by atoms with Crippen LogP contribution in [0.2, 0.25) is 0 Å². The van der Waals surface area contributed by atoms with Gasteiger partial charge in [0, 0.05) is 12.5 Å². The van der Waals surface area contributed by atoms with Crippen LogP contribution in [0.5, 0.6) is 5.75 Å². The summed E-state index contributed by atoms with van der Waals surface area (Å²) in [5.41, 5.74) is 2.17. The third kappa shape index (κ3) is 5.23. The maximum atomic E-state index is 12.4. The van der Waals surface area contributed by atoms with Gasteiger partial charge < -0.3 is 20.2 Å². The van der Waals surface area contributed by atoms with E-state index in [1.807, 2.05) is 36.4 Å². The average Bonchev–Trinajstić information content (AvgIpc) is 2.70. The van der Waals surface area contributed by atoms with E-state index in [0.29, 0.717) is 24.8 Å². The van der Waals surface area contributed by atoms with Crippen molar-refractivity contribution in [3.8, 4) is 5.75 Å². The second kappa shape index (κ2) is 9.42. The highest BCUT2D eigenvalue weighted by molar-refractivity contribution is 5.76. The van der Waals surface area contributed by atoms with Gasteiger partial charge in [-0.3, -0.25) is 4.79 Å². The van der Waals surface area contributed by atoms with Crippen molar-refractivity contribution in [3.05, 3.63) is 60.2 Å². The van der Waals surface area contributed by atoms with Crippen LogP contribution in [-0.4, -0.2) is 50.3 Å². The van der Waals surface area contributed by atoms with Gasteiger partial charge in [0.2, 0.25) is 0 Å². The summed E-state index contributed by atoms with van der Waals surface area (Å²) in [6, 6.07) is 17.8. The van der Waals surface area contributed by atoms with Gasteiger partial charge in [0.05, 0.1) is 31.9 Å². The number of phenols is 1. The lowest BCUT2D eigenvalue weighted by atomic mass is 9.96. The Balaban J connectivity index is 1.43. The first-order chi connectivity index (χ1) is 13.2. The molecule has 0 aliphatic carbocycles. The number of hydrogen-bond acceptors (Lipinski definition) is 3. The van der Waals surface area contributed by atoms with Crippen LogP contribution in [0.3, 0.4) is 0 Å². The van der Waals surface area contributed by atoms with Gasteiger partial charge in [0.1, 0.15) is 5.75 Å². The lowest BCUT2D eigenvalue weighted by Crippen LogP contribution is -3.16. The van der Waals surface area contributed by atoms with Gasteiger partial charge in [-0.2, -0.15) is 0 Å². The number of quaternary nitrogens is 1. The maximum absolute atomic E-state index is 12.4. The maximum Gasteiger partial charge on any atom is 0.275 e. The molecule has 1 aliphatic rings. The van der Waals surface area contributed by atoms with Crippen LogP contribution in [0, 0.1) is 0 Å². The third-order valence-electron chi connectivity index (χ3n) is 5.41. The molecule has 1 atom stereocenters. The molecule has 144 valence electrons. The molecule has 3 rings (SSSR count). The van der Waals surface area contributed by atoms with E-state index in [9.17, 15) is 9.90 Å². The first kappa shape index (κ1) is 19.2. The zero-order valence-electron chi connectivity index (χ0n) is 16.0. The lowest BCUT2D eigenvalue weighted by molar-refractivity contribution is -0.892. The first-order valence-electron chi connectivity index (χ1n) is 9.85. The molecule has 1 fully saturated rings. The van der Waals surface area contributed by atoms with Crippen LogP contribution in [-0.2, 0) is 4.79 Å². The van der Waals surface area contributed by atoms with E-state index in [2.05, 4.69) is 29.3 Å². The minimum absolute atomic E-state index is 0.121. The Morgan fingerprint density at radius 3 is 2.44 bits per heavy atom. The summed E-state index contributed by atoms with van der Waals surface area (Å²) in [4.78, 5) is 15.9. The molecule has 1 saturated heterocycles. The van der Waals surface area contributed by atoms with E-state index >= 15 is 0 Å². The van der Waals surface area contributed by atoms with Gasteiger partial charge in [0.15, 0.2) is 6.54 Å². The second-order valence-electron chi connectivity index (χ2n) is 7.22. The largest absolute Gasteiger partial charge is 0.506 e. The summed E-state index contributed by atoms with van der Waals surface area (Å²) in [5.74, 6) is 0.809. The number of para-hydroxylation sites is 2. The number of aromatic hydroxyl groups is 1. The fourth-order valence-electron chi connectivity index (χ4n) is 3.72. The quantitative estimate of drug-likeness (QED) is 0.693. The van der Waals surface area contributed by atoms with Gasteiger partial charge in [-0.25, -0.2) is 0 Å². The highest BCUT2D eigenvalue weighted by atomic mass is 16.3. The number of anilines is 1. The van der Waals surface area contributed by atoms with Crippen LogP contribution in [0.15, 0.2) is 54.6 Å². The zero-order valence-corrected chi connectivity index (χ0v) is 16.0. The van der Waals surface area contributed by atoms with E-state index in [0.717, 1.165) is 38.3 Å². The van der Waals surface area contributed by atoms with Crippen molar-refractivity contribution >= 4 is 11.6 Å². The summed E-state index contributed by atoms with van der Waals surface area (Å²) in [5, 5.41) is 13.1. The summed E-state index contributed by atoms with van der Waals surface area (Å²) >= 11 is 0. The van der Waals surface area contributed by atoms with Crippen molar-refractivity contribution in [2.75, 3.05) is 44.2 Å². The van der Waals surface area contributed by atoms with E-state index < -0.39 is 0 Å². The van der Waals surface area contributed by atoms with Crippen molar-refractivity contribution in [2.45, 2.75) is 19.3 Å². The molecule has 1 aliphatic heterocycles. The number of rotatable bonds is 7. The molecule has 0 saturated carbocycles. The number of nitrogens with one attached hydrogen (secondary N) is 2. The van der Waals surface area contributed by atoms with E-state index in [4.69, 9.17) is 0 Å². The molecule has 27 heavy (non-hydrogen) atoms. The zero-order chi connectivity index (χ0) is 19.1. The molecule has 3 N–H and O–H groups in total. The Morgan fingerprint density at radius 1 is 1.11 bits per heavy atom. The normalized spacial score (nSPS) is 16.1. The van der Waals surface area contributed by atoms with Crippen molar-refractivity contribution in [3.63, 3.8) is 0 Å². The van der Waals surface area contributed by atoms with Crippen molar-refractivity contribution in [1.82, 2.24) is 5.32 Å². The molecular formula is C22H30N3O2+. The Kier molecular flexibility index (Phi) is 6.71. The summed E-state index contributed by atoms with van der Waals surface area (Å²) < 4.78 is 0. The molecule has 0 bridgehead atoms. The summed E-state index contributed by atoms with van der Waals surface area (Å²) in [7, 11) is 0. The topological polar surface area (TPSA) is 57.0 Å². The monoisotopic (exact) mass is 368 g/mol. The molecule has 0 radical (unpaired) electrons. The van der Waals surface area contributed by atoms with E-state index in [1.54, 1.807) is 6.07 Å². The Morgan fingerprint density at radius 2 is 1.78 bits per heavy atom. The number of nitrogens with zero attached hydrogens (tertiary/aromatic N) is 1.